The number of hydrogen-bond donors (Lipinski definition) is 3. The molecule has 6 nitrogen and oxygen atoms in total. The van der Waals surface area contributed by atoms with Crippen LogP contribution in [0.25, 0.3) is 0 Å². The van der Waals surface area contributed by atoms with E-state index in [0.717, 1.165) is 11.4 Å². The van der Waals surface area contributed by atoms with Crippen LogP contribution in [0.1, 0.15) is 24.2 Å². The molecule has 0 aliphatic heterocycles. The Hall–Kier alpha value is -3.02. The monoisotopic (exact) mass is 341 g/mol. The Morgan fingerprint density at radius 2 is 1.56 bits per heavy atom. The Labute approximate surface area is 147 Å². The molecule has 0 spiro atoms. The highest BCUT2D eigenvalue weighted by atomic mass is 16.5. The number of hydrogen-bond acceptors (Lipinski definition) is 4. The maximum Gasteiger partial charge on any atom is 0.251 e. The van der Waals surface area contributed by atoms with Gasteiger partial charge in [0.25, 0.3) is 5.91 Å². The van der Waals surface area contributed by atoms with Gasteiger partial charge in [-0.3, -0.25) is 9.59 Å². The molecule has 25 heavy (non-hydrogen) atoms. The molecule has 2 aromatic carbocycles. The molecule has 0 heterocycles. The SMILES string of the molecule is CCNC(=O)c1ccc(NC(=O)CNc2ccc(OCC)cc2)cc1. The molecule has 2 amide bonds. The van der Waals surface area contributed by atoms with Gasteiger partial charge in [-0.15, -0.1) is 0 Å². The summed E-state index contributed by atoms with van der Waals surface area (Å²) in [5, 5.41) is 8.56. The number of carbonyl (C=O) groups is 2. The van der Waals surface area contributed by atoms with Crippen LogP contribution < -0.4 is 20.7 Å². The van der Waals surface area contributed by atoms with E-state index in [-0.39, 0.29) is 18.4 Å². The number of nitrogens with one attached hydrogen (secondary N) is 3. The molecule has 0 aromatic heterocycles. The highest BCUT2D eigenvalue weighted by Gasteiger charge is 2.06. The lowest BCUT2D eigenvalue weighted by Crippen LogP contribution is -2.23. The van der Waals surface area contributed by atoms with E-state index in [0.29, 0.717) is 24.4 Å². The van der Waals surface area contributed by atoms with Gasteiger partial charge in [0.1, 0.15) is 5.75 Å². The number of ether oxygens (including phenoxy) is 1. The van der Waals surface area contributed by atoms with E-state index in [1.54, 1.807) is 24.3 Å². The summed E-state index contributed by atoms with van der Waals surface area (Å²) in [6, 6.07) is 14.2. The minimum Gasteiger partial charge on any atom is -0.494 e. The van der Waals surface area contributed by atoms with Crippen molar-refractivity contribution in [3.05, 3.63) is 54.1 Å². The third-order valence-corrected chi connectivity index (χ3v) is 3.39. The van der Waals surface area contributed by atoms with Crippen molar-refractivity contribution in [2.75, 3.05) is 30.3 Å². The molecule has 2 aromatic rings. The summed E-state index contributed by atoms with van der Waals surface area (Å²) in [6.45, 7) is 5.14. The van der Waals surface area contributed by atoms with Crippen molar-refractivity contribution in [1.82, 2.24) is 5.32 Å². The molecular weight excluding hydrogens is 318 g/mol. The van der Waals surface area contributed by atoms with Crippen molar-refractivity contribution >= 4 is 23.2 Å². The van der Waals surface area contributed by atoms with Crippen LogP contribution in [0, 0.1) is 0 Å². The minimum atomic E-state index is -0.167. The lowest BCUT2D eigenvalue weighted by molar-refractivity contribution is -0.114. The fourth-order valence-corrected chi connectivity index (χ4v) is 2.19. The van der Waals surface area contributed by atoms with Crippen molar-refractivity contribution in [3.8, 4) is 5.75 Å². The molecule has 0 aliphatic carbocycles. The summed E-state index contributed by atoms with van der Waals surface area (Å²) in [4.78, 5) is 23.7. The largest absolute Gasteiger partial charge is 0.494 e. The van der Waals surface area contributed by atoms with E-state index in [4.69, 9.17) is 4.74 Å². The average Bonchev–Trinajstić information content (AvgIpc) is 2.62. The molecule has 0 bridgehead atoms. The molecule has 0 unspecified atom stereocenters. The topological polar surface area (TPSA) is 79.5 Å². The predicted octanol–water partition coefficient (Wildman–Crippen LogP) is 2.89. The first-order valence-electron chi connectivity index (χ1n) is 8.27. The minimum absolute atomic E-state index is 0.127. The maximum atomic E-state index is 12.0. The highest BCUT2D eigenvalue weighted by Crippen LogP contribution is 2.15. The first-order valence-corrected chi connectivity index (χ1v) is 8.27. The van der Waals surface area contributed by atoms with Crippen molar-refractivity contribution in [2.45, 2.75) is 13.8 Å². The van der Waals surface area contributed by atoms with Gasteiger partial charge in [-0.25, -0.2) is 0 Å². The van der Waals surface area contributed by atoms with E-state index < -0.39 is 0 Å². The van der Waals surface area contributed by atoms with Gasteiger partial charge >= 0.3 is 0 Å². The third kappa shape index (κ3) is 5.84. The van der Waals surface area contributed by atoms with E-state index in [2.05, 4.69) is 16.0 Å². The van der Waals surface area contributed by atoms with Gasteiger partial charge < -0.3 is 20.7 Å². The molecule has 0 radical (unpaired) electrons. The van der Waals surface area contributed by atoms with Gasteiger partial charge in [-0.2, -0.15) is 0 Å². The number of rotatable bonds is 8. The molecule has 0 atom stereocenters. The summed E-state index contributed by atoms with van der Waals surface area (Å²) in [6.07, 6.45) is 0. The van der Waals surface area contributed by atoms with Crippen molar-refractivity contribution < 1.29 is 14.3 Å². The van der Waals surface area contributed by atoms with E-state index in [9.17, 15) is 9.59 Å². The van der Waals surface area contributed by atoms with Crippen LogP contribution in [0.4, 0.5) is 11.4 Å². The second-order valence-corrected chi connectivity index (χ2v) is 5.30. The smallest absolute Gasteiger partial charge is 0.251 e. The van der Waals surface area contributed by atoms with Gasteiger partial charge in [0.05, 0.1) is 13.2 Å². The molecule has 0 fully saturated rings. The van der Waals surface area contributed by atoms with Crippen LogP contribution in [-0.4, -0.2) is 31.5 Å². The van der Waals surface area contributed by atoms with Crippen molar-refractivity contribution in [3.63, 3.8) is 0 Å². The Morgan fingerprint density at radius 3 is 2.16 bits per heavy atom. The number of anilines is 2. The maximum absolute atomic E-state index is 12.0. The summed E-state index contributed by atoms with van der Waals surface area (Å²) in [5.74, 6) is 0.502. The summed E-state index contributed by atoms with van der Waals surface area (Å²) in [5.41, 5.74) is 2.05. The highest BCUT2D eigenvalue weighted by molar-refractivity contribution is 5.96. The van der Waals surface area contributed by atoms with Gasteiger partial charge in [-0.05, 0) is 62.4 Å². The first-order chi connectivity index (χ1) is 12.1. The van der Waals surface area contributed by atoms with E-state index in [1.165, 1.54) is 0 Å². The average molecular weight is 341 g/mol. The van der Waals surface area contributed by atoms with Gasteiger partial charge in [0.2, 0.25) is 5.91 Å². The first kappa shape index (κ1) is 18.3. The van der Waals surface area contributed by atoms with Crippen LogP contribution in [0.2, 0.25) is 0 Å². The van der Waals surface area contributed by atoms with E-state index >= 15 is 0 Å². The summed E-state index contributed by atoms with van der Waals surface area (Å²) >= 11 is 0. The number of benzene rings is 2. The second-order valence-electron chi connectivity index (χ2n) is 5.30. The van der Waals surface area contributed by atoms with Crippen molar-refractivity contribution in [2.24, 2.45) is 0 Å². The standard InChI is InChI=1S/C19H23N3O3/c1-3-20-19(24)14-5-7-16(8-6-14)22-18(23)13-21-15-9-11-17(12-10-15)25-4-2/h5-12,21H,3-4,13H2,1-2H3,(H,20,24)(H,22,23). The molecule has 2 rings (SSSR count). The zero-order valence-electron chi connectivity index (χ0n) is 14.5. The molecule has 0 saturated heterocycles. The van der Waals surface area contributed by atoms with Crippen LogP contribution in [0.15, 0.2) is 48.5 Å². The van der Waals surface area contributed by atoms with E-state index in [1.807, 2.05) is 38.1 Å². The third-order valence-electron chi connectivity index (χ3n) is 3.39. The Morgan fingerprint density at radius 1 is 0.920 bits per heavy atom. The number of amides is 2. The Kier molecular flexibility index (Phi) is 6.83. The Balaban J connectivity index is 1.82. The molecule has 3 N–H and O–H groups in total. The van der Waals surface area contributed by atoms with Crippen LogP contribution in [-0.2, 0) is 4.79 Å². The predicted molar refractivity (Wildman–Crippen MR) is 99.2 cm³/mol. The van der Waals surface area contributed by atoms with Crippen molar-refractivity contribution in [1.29, 1.82) is 0 Å². The zero-order chi connectivity index (χ0) is 18.1. The fraction of sp³-hybridized carbons (Fsp3) is 0.263. The molecular formula is C19H23N3O3. The Bertz CT molecular complexity index is 697. The fourth-order valence-electron chi connectivity index (χ4n) is 2.19. The quantitative estimate of drug-likeness (QED) is 0.690. The number of carbonyl (C=O) groups excluding carboxylic acids is 2. The summed E-state index contributed by atoms with van der Waals surface area (Å²) < 4.78 is 5.37. The van der Waals surface area contributed by atoms with Crippen LogP contribution in [0.5, 0.6) is 5.75 Å². The molecule has 0 aliphatic rings. The van der Waals surface area contributed by atoms with Gasteiger partial charge in [-0.1, -0.05) is 0 Å². The van der Waals surface area contributed by atoms with Crippen LogP contribution >= 0.6 is 0 Å². The lowest BCUT2D eigenvalue weighted by atomic mass is 10.2. The second kappa shape index (κ2) is 9.32. The van der Waals surface area contributed by atoms with Gasteiger partial charge in [0, 0.05) is 23.5 Å². The lowest BCUT2D eigenvalue weighted by Gasteiger charge is -2.09. The van der Waals surface area contributed by atoms with Gasteiger partial charge in [0.15, 0.2) is 0 Å². The summed E-state index contributed by atoms with van der Waals surface area (Å²) in [7, 11) is 0. The molecule has 132 valence electrons. The molecule has 0 saturated carbocycles. The normalized spacial score (nSPS) is 10.0. The molecule has 6 heteroatoms. The zero-order valence-corrected chi connectivity index (χ0v) is 14.5. The van der Waals surface area contributed by atoms with Crippen LogP contribution in [0.3, 0.4) is 0 Å².